The summed E-state index contributed by atoms with van der Waals surface area (Å²) in [7, 11) is 0. The fourth-order valence-electron chi connectivity index (χ4n) is 3.78. The minimum Gasteiger partial charge on any atom is -0.353 e. The number of hydrogen-bond donors (Lipinski definition) is 1. The highest BCUT2D eigenvalue weighted by Crippen LogP contribution is 2.27. The van der Waals surface area contributed by atoms with Gasteiger partial charge in [-0.2, -0.15) is 0 Å². The van der Waals surface area contributed by atoms with E-state index in [1.54, 1.807) is 0 Å². The van der Waals surface area contributed by atoms with Gasteiger partial charge >= 0.3 is 0 Å². The van der Waals surface area contributed by atoms with E-state index in [2.05, 4.69) is 28.1 Å². The van der Waals surface area contributed by atoms with Crippen LogP contribution < -0.4 is 10.2 Å². The van der Waals surface area contributed by atoms with E-state index >= 15 is 0 Å². The Balaban J connectivity index is 1.38. The molecule has 0 radical (unpaired) electrons. The number of hydrogen-bond acceptors (Lipinski definition) is 4. The maximum atomic E-state index is 12.6. The Morgan fingerprint density at radius 2 is 1.78 bits per heavy atom. The lowest BCUT2D eigenvalue weighted by Crippen LogP contribution is -2.50. The van der Waals surface area contributed by atoms with Crippen LogP contribution in [0.5, 0.6) is 0 Å². The van der Waals surface area contributed by atoms with Crippen LogP contribution in [0.1, 0.15) is 32.3 Å². The van der Waals surface area contributed by atoms with Gasteiger partial charge in [-0.1, -0.05) is 25.1 Å². The van der Waals surface area contributed by atoms with Crippen LogP contribution in [0.3, 0.4) is 0 Å². The molecule has 6 heteroatoms. The Labute approximate surface area is 162 Å². The van der Waals surface area contributed by atoms with Gasteiger partial charge in [0, 0.05) is 57.4 Å². The van der Waals surface area contributed by atoms with Gasteiger partial charge in [0.15, 0.2) is 0 Å². The van der Waals surface area contributed by atoms with Gasteiger partial charge in [0.25, 0.3) is 0 Å². The first-order valence-corrected chi connectivity index (χ1v) is 10.2. The third-order valence-corrected chi connectivity index (χ3v) is 5.68. The summed E-state index contributed by atoms with van der Waals surface area (Å²) in [6.07, 6.45) is 2.47. The summed E-state index contributed by atoms with van der Waals surface area (Å²) in [6.45, 7) is 9.78. The van der Waals surface area contributed by atoms with Crippen molar-refractivity contribution in [3.63, 3.8) is 0 Å². The lowest BCUT2D eigenvalue weighted by Gasteiger charge is -2.34. The molecule has 6 nitrogen and oxygen atoms in total. The quantitative estimate of drug-likeness (QED) is 0.788. The molecule has 0 aromatic heterocycles. The van der Waals surface area contributed by atoms with Crippen LogP contribution in [0, 0.1) is 0 Å². The van der Waals surface area contributed by atoms with Crippen LogP contribution in [-0.2, 0) is 16.0 Å². The highest BCUT2D eigenvalue weighted by atomic mass is 16.2. The second-order valence-electron chi connectivity index (χ2n) is 7.67. The van der Waals surface area contributed by atoms with Gasteiger partial charge < -0.3 is 15.1 Å². The zero-order valence-electron chi connectivity index (χ0n) is 16.6. The third-order valence-electron chi connectivity index (χ3n) is 5.68. The van der Waals surface area contributed by atoms with Crippen LogP contribution in [0.15, 0.2) is 24.3 Å². The van der Waals surface area contributed by atoms with Crippen molar-refractivity contribution in [3.8, 4) is 0 Å². The summed E-state index contributed by atoms with van der Waals surface area (Å²) in [5.41, 5.74) is 2.36. The Morgan fingerprint density at radius 1 is 1.07 bits per heavy atom. The fraction of sp³-hybridized carbons (Fsp3) is 0.619. The number of rotatable bonds is 7. The number of benzene rings is 1. The number of para-hydroxylation sites is 1. The molecule has 0 spiro atoms. The van der Waals surface area contributed by atoms with Crippen molar-refractivity contribution in [3.05, 3.63) is 29.8 Å². The van der Waals surface area contributed by atoms with Gasteiger partial charge in [-0.3, -0.25) is 14.5 Å². The number of nitrogens with zero attached hydrogens (tertiary/aromatic N) is 3. The minimum absolute atomic E-state index is 0.112. The lowest BCUT2D eigenvalue weighted by molar-refractivity contribution is -0.123. The van der Waals surface area contributed by atoms with Gasteiger partial charge in [0.2, 0.25) is 11.8 Å². The minimum atomic E-state index is 0.112. The summed E-state index contributed by atoms with van der Waals surface area (Å²) in [5, 5.41) is 3.02. The Kier molecular flexibility index (Phi) is 6.85. The molecule has 0 aliphatic carbocycles. The molecule has 0 bridgehead atoms. The van der Waals surface area contributed by atoms with Gasteiger partial charge in [-0.15, -0.1) is 0 Å². The predicted octanol–water partition coefficient (Wildman–Crippen LogP) is 1.50. The van der Waals surface area contributed by atoms with Gasteiger partial charge in [-0.25, -0.2) is 0 Å². The molecular weight excluding hydrogens is 340 g/mol. The van der Waals surface area contributed by atoms with Crippen molar-refractivity contribution in [2.24, 2.45) is 0 Å². The SMILES string of the molecule is CCC(C)NC(=O)CN1CCN(CCC(=O)N2CCc3ccccc32)CC1. The molecular formula is C21H32N4O2. The summed E-state index contributed by atoms with van der Waals surface area (Å²) >= 11 is 0. The number of fused-ring (bicyclic) bond motifs is 1. The normalized spacial score (nSPS) is 19.0. The van der Waals surface area contributed by atoms with E-state index in [1.165, 1.54) is 5.56 Å². The van der Waals surface area contributed by atoms with E-state index in [-0.39, 0.29) is 17.9 Å². The molecule has 1 aromatic rings. The Hall–Kier alpha value is -1.92. The van der Waals surface area contributed by atoms with Crippen LogP contribution in [0.2, 0.25) is 0 Å². The summed E-state index contributed by atoms with van der Waals surface area (Å²) in [5.74, 6) is 0.330. The molecule has 3 rings (SSSR count). The van der Waals surface area contributed by atoms with E-state index in [0.717, 1.165) is 57.8 Å². The van der Waals surface area contributed by atoms with Crippen molar-refractivity contribution < 1.29 is 9.59 Å². The average Bonchev–Trinajstić information content (AvgIpc) is 3.11. The van der Waals surface area contributed by atoms with Crippen molar-refractivity contribution in [2.75, 3.05) is 50.7 Å². The molecule has 2 heterocycles. The molecule has 1 N–H and O–H groups in total. The molecule has 1 saturated heterocycles. The highest BCUT2D eigenvalue weighted by Gasteiger charge is 2.25. The molecule has 148 valence electrons. The zero-order chi connectivity index (χ0) is 19.2. The monoisotopic (exact) mass is 372 g/mol. The number of anilines is 1. The molecule has 2 aliphatic heterocycles. The number of piperazine rings is 1. The average molecular weight is 373 g/mol. The topological polar surface area (TPSA) is 55.9 Å². The standard InChI is InChI=1S/C21H32N4O2/c1-3-17(2)22-20(26)16-24-14-12-23(13-15-24)10-9-21(27)25-11-8-18-6-4-5-7-19(18)25/h4-7,17H,3,8-16H2,1-2H3,(H,22,26). The number of amides is 2. The van der Waals surface area contributed by atoms with Crippen molar-refractivity contribution in [2.45, 2.75) is 39.2 Å². The Morgan fingerprint density at radius 3 is 2.52 bits per heavy atom. The van der Waals surface area contributed by atoms with Gasteiger partial charge in [0.1, 0.15) is 0 Å². The largest absolute Gasteiger partial charge is 0.353 e. The molecule has 2 aliphatic rings. The van der Waals surface area contributed by atoms with Gasteiger partial charge in [-0.05, 0) is 31.4 Å². The van der Waals surface area contributed by atoms with Crippen molar-refractivity contribution in [1.29, 1.82) is 0 Å². The summed E-state index contributed by atoms with van der Waals surface area (Å²) in [4.78, 5) is 31.1. The van der Waals surface area contributed by atoms with Crippen LogP contribution >= 0.6 is 0 Å². The van der Waals surface area contributed by atoms with E-state index in [9.17, 15) is 9.59 Å². The Bertz CT molecular complexity index is 655. The third kappa shape index (κ3) is 5.30. The first-order chi connectivity index (χ1) is 13.1. The second-order valence-corrected chi connectivity index (χ2v) is 7.67. The smallest absolute Gasteiger partial charge is 0.234 e. The molecule has 1 aromatic carbocycles. The molecule has 0 saturated carbocycles. The van der Waals surface area contributed by atoms with Gasteiger partial charge in [0.05, 0.1) is 6.54 Å². The molecule has 2 amide bonds. The fourth-order valence-corrected chi connectivity index (χ4v) is 3.78. The van der Waals surface area contributed by atoms with Crippen LogP contribution in [0.25, 0.3) is 0 Å². The molecule has 1 unspecified atom stereocenters. The molecule has 1 fully saturated rings. The summed E-state index contributed by atoms with van der Waals surface area (Å²) in [6, 6.07) is 8.43. The maximum Gasteiger partial charge on any atom is 0.234 e. The van der Waals surface area contributed by atoms with E-state index in [0.29, 0.717) is 13.0 Å². The first kappa shape index (κ1) is 19.8. The van der Waals surface area contributed by atoms with Crippen molar-refractivity contribution >= 4 is 17.5 Å². The predicted molar refractivity (Wildman–Crippen MR) is 108 cm³/mol. The zero-order valence-corrected chi connectivity index (χ0v) is 16.6. The molecule has 1 atom stereocenters. The van der Waals surface area contributed by atoms with E-state index in [4.69, 9.17) is 0 Å². The van der Waals surface area contributed by atoms with Crippen LogP contribution in [0.4, 0.5) is 5.69 Å². The van der Waals surface area contributed by atoms with E-state index in [1.807, 2.05) is 30.0 Å². The lowest BCUT2D eigenvalue weighted by atomic mass is 10.2. The van der Waals surface area contributed by atoms with E-state index < -0.39 is 0 Å². The first-order valence-electron chi connectivity index (χ1n) is 10.2. The number of carbonyl (C=O) groups excluding carboxylic acids is 2. The van der Waals surface area contributed by atoms with Crippen molar-refractivity contribution in [1.82, 2.24) is 15.1 Å². The number of carbonyl (C=O) groups is 2. The second kappa shape index (κ2) is 9.33. The van der Waals surface area contributed by atoms with Crippen LogP contribution in [-0.4, -0.2) is 73.5 Å². The molecule has 27 heavy (non-hydrogen) atoms. The maximum absolute atomic E-state index is 12.6. The highest BCUT2D eigenvalue weighted by molar-refractivity contribution is 5.95. The number of nitrogens with one attached hydrogen (secondary N) is 1. The summed E-state index contributed by atoms with van der Waals surface area (Å²) < 4.78 is 0.